The quantitative estimate of drug-likeness (QED) is 0.548. The molecular weight excluding hydrogens is 482 g/mol. The van der Waals surface area contributed by atoms with Crippen molar-refractivity contribution in [2.75, 3.05) is 19.6 Å². The van der Waals surface area contributed by atoms with Crippen LogP contribution in [0.4, 0.5) is 5.69 Å². The van der Waals surface area contributed by atoms with E-state index in [0.29, 0.717) is 19.6 Å². The van der Waals surface area contributed by atoms with Gasteiger partial charge in [-0.05, 0) is 29.5 Å². The number of aliphatic carboxylic acids is 1. The Morgan fingerprint density at radius 3 is 2.61 bits per heavy atom. The lowest BCUT2D eigenvalue weighted by molar-refractivity contribution is -0.207. The second-order valence-electron chi connectivity index (χ2n) is 10.3. The average molecular weight is 518 g/mol. The van der Waals surface area contributed by atoms with E-state index >= 15 is 0 Å². The van der Waals surface area contributed by atoms with Gasteiger partial charge in [-0.3, -0.25) is 19.4 Å². The van der Waals surface area contributed by atoms with Crippen molar-refractivity contribution in [1.82, 2.24) is 19.8 Å². The van der Waals surface area contributed by atoms with Crippen molar-refractivity contribution < 1.29 is 19.5 Å². The van der Waals surface area contributed by atoms with Crippen LogP contribution < -0.4 is 0 Å². The summed E-state index contributed by atoms with van der Waals surface area (Å²) in [6.45, 7) is 6.36. The maximum Gasteiger partial charge on any atom is 0.303 e. The van der Waals surface area contributed by atoms with Gasteiger partial charge in [0, 0.05) is 38.2 Å². The van der Waals surface area contributed by atoms with Gasteiger partial charge in [0.15, 0.2) is 0 Å². The van der Waals surface area contributed by atoms with E-state index in [9.17, 15) is 19.5 Å². The number of para-hydroxylation sites is 1. The first-order chi connectivity index (χ1) is 18.4. The van der Waals surface area contributed by atoms with Crippen molar-refractivity contribution in [1.29, 1.82) is 0 Å². The van der Waals surface area contributed by atoms with Crippen molar-refractivity contribution in [2.45, 2.75) is 64.3 Å². The highest BCUT2D eigenvalue weighted by atomic mass is 16.4. The van der Waals surface area contributed by atoms with E-state index in [1.165, 1.54) is 0 Å². The topological polar surface area (TPSA) is 96.8 Å². The van der Waals surface area contributed by atoms with Crippen LogP contribution in [0.1, 0.15) is 55.7 Å². The second-order valence-corrected chi connectivity index (χ2v) is 10.3. The van der Waals surface area contributed by atoms with E-state index in [2.05, 4.69) is 47.1 Å². The monoisotopic (exact) mass is 517 g/mol. The summed E-state index contributed by atoms with van der Waals surface area (Å²) in [6, 6.07) is 15.3. The van der Waals surface area contributed by atoms with Crippen LogP contribution in [-0.2, 0) is 27.5 Å². The molecule has 5 rings (SSSR count). The minimum Gasteiger partial charge on any atom is -0.481 e. The van der Waals surface area contributed by atoms with Crippen LogP contribution in [0.2, 0.25) is 0 Å². The normalized spacial score (nSPS) is 23.6. The maximum absolute atomic E-state index is 13.8. The van der Waals surface area contributed by atoms with E-state index in [1.807, 2.05) is 36.5 Å². The summed E-state index contributed by atoms with van der Waals surface area (Å²) in [4.78, 5) is 46.9. The highest BCUT2D eigenvalue weighted by Gasteiger charge is 2.49. The molecule has 1 N–H and O–H groups in total. The summed E-state index contributed by atoms with van der Waals surface area (Å²) < 4.78 is 0. The molecule has 1 unspecified atom stereocenters. The number of nitrogens with zero attached hydrogens (tertiary/aromatic N) is 5. The maximum atomic E-state index is 13.8. The van der Waals surface area contributed by atoms with E-state index in [-0.39, 0.29) is 37.1 Å². The number of carboxylic acids is 1. The number of aliphatic imine (C=N–C) groups is 1. The fourth-order valence-corrected chi connectivity index (χ4v) is 5.85. The van der Waals surface area contributed by atoms with Crippen molar-refractivity contribution in [3.05, 3.63) is 65.2 Å². The highest BCUT2D eigenvalue weighted by molar-refractivity contribution is 5.91. The fraction of sp³-hybridized carbons (Fsp3) is 0.448. The molecule has 3 aliphatic heterocycles. The Bertz CT molecular complexity index is 1230. The fourth-order valence-electron chi connectivity index (χ4n) is 5.85. The third kappa shape index (κ3) is 5.08. The average Bonchev–Trinajstić information content (AvgIpc) is 3.28. The number of amides is 2. The van der Waals surface area contributed by atoms with Gasteiger partial charge in [-0.25, -0.2) is 10.0 Å². The molecule has 3 heterocycles. The lowest BCUT2D eigenvalue weighted by atomic mass is 9.98. The molecule has 2 aromatic carbocycles. The Morgan fingerprint density at radius 2 is 1.87 bits per heavy atom. The Kier molecular flexibility index (Phi) is 7.58. The lowest BCUT2D eigenvalue weighted by Gasteiger charge is -2.55. The van der Waals surface area contributed by atoms with Crippen molar-refractivity contribution in [3.63, 3.8) is 0 Å². The van der Waals surface area contributed by atoms with Gasteiger partial charge >= 0.3 is 5.97 Å². The summed E-state index contributed by atoms with van der Waals surface area (Å²) in [6.07, 6.45) is 2.32. The first-order valence-electron chi connectivity index (χ1n) is 13.4. The van der Waals surface area contributed by atoms with Crippen LogP contribution in [0.25, 0.3) is 0 Å². The number of carbonyl (C=O) groups excluding carboxylic acids is 2. The molecule has 0 spiro atoms. The van der Waals surface area contributed by atoms with Gasteiger partial charge in [0.25, 0.3) is 0 Å². The second kappa shape index (κ2) is 11.0. The molecule has 3 aliphatic rings. The standard InChI is InChI=1S/C29H35N5O4/c1-3-14-32-19-26(35)34-24(12-13-27(36)37)29(38)31(17-22-10-7-11-23-20(2)15-30-28(22)23)18-25(34)33(32)16-21-8-5-4-6-9-21/h4-11,15,20,24-25H,3,12-14,16-19H2,1-2H3,(H,36,37)/t20?,24-,25+/m0/s1. The molecule has 0 radical (unpaired) electrons. The van der Waals surface area contributed by atoms with Crippen LogP contribution in [-0.4, -0.2) is 80.8 Å². The summed E-state index contributed by atoms with van der Waals surface area (Å²) in [5.41, 5.74) is 4.12. The SMILES string of the molecule is CCCN1CC(=O)N2[C@@H](CCC(=O)O)C(=O)N(Cc3cccc4c3N=CC4C)C[C@@H]2N1Cc1ccccc1. The number of piperazine rings is 1. The molecule has 0 bridgehead atoms. The molecule has 0 aliphatic carbocycles. The molecular formula is C29H35N5O4. The minimum absolute atomic E-state index is 0.0853. The van der Waals surface area contributed by atoms with Crippen molar-refractivity contribution >= 4 is 29.7 Å². The smallest absolute Gasteiger partial charge is 0.303 e. The number of carbonyl (C=O) groups is 3. The molecule has 2 saturated heterocycles. The summed E-state index contributed by atoms with van der Waals surface area (Å²) >= 11 is 0. The Morgan fingerprint density at radius 1 is 1.08 bits per heavy atom. The number of hydrogen-bond donors (Lipinski definition) is 1. The van der Waals surface area contributed by atoms with E-state index in [4.69, 9.17) is 0 Å². The van der Waals surface area contributed by atoms with Gasteiger partial charge < -0.3 is 14.9 Å². The Labute approximate surface area is 223 Å². The van der Waals surface area contributed by atoms with E-state index in [0.717, 1.165) is 35.3 Å². The highest BCUT2D eigenvalue weighted by Crippen LogP contribution is 2.37. The molecule has 2 aromatic rings. The first-order valence-corrected chi connectivity index (χ1v) is 13.4. The zero-order valence-electron chi connectivity index (χ0n) is 22.0. The summed E-state index contributed by atoms with van der Waals surface area (Å²) in [5, 5.41) is 13.7. The predicted octanol–water partition coefficient (Wildman–Crippen LogP) is 3.38. The summed E-state index contributed by atoms with van der Waals surface area (Å²) in [7, 11) is 0. The predicted molar refractivity (Wildman–Crippen MR) is 144 cm³/mol. The van der Waals surface area contributed by atoms with Gasteiger partial charge in [0.1, 0.15) is 12.2 Å². The molecule has 9 heteroatoms. The van der Waals surface area contributed by atoms with Gasteiger partial charge in [-0.15, -0.1) is 0 Å². The zero-order chi connectivity index (χ0) is 26.8. The van der Waals surface area contributed by atoms with Crippen LogP contribution in [0.3, 0.4) is 0 Å². The van der Waals surface area contributed by atoms with Gasteiger partial charge in [-0.2, -0.15) is 0 Å². The molecule has 0 saturated carbocycles. The molecule has 9 nitrogen and oxygen atoms in total. The van der Waals surface area contributed by atoms with Crippen molar-refractivity contribution in [3.8, 4) is 0 Å². The largest absolute Gasteiger partial charge is 0.481 e. The van der Waals surface area contributed by atoms with Gasteiger partial charge in [-0.1, -0.05) is 62.4 Å². The summed E-state index contributed by atoms with van der Waals surface area (Å²) in [5.74, 6) is -1.09. The minimum atomic E-state index is -0.978. The van der Waals surface area contributed by atoms with E-state index < -0.39 is 18.2 Å². The molecule has 38 heavy (non-hydrogen) atoms. The van der Waals surface area contributed by atoms with Gasteiger partial charge in [0.05, 0.1) is 18.8 Å². The first kappa shape index (κ1) is 26.1. The number of hydrazine groups is 1. The molecule has 2 fully saturated rings. The Hall–Kier alpha value is -3.56. The Balaban J connectivity index is 1.50. The number of benzene rings is 2. The van der Waals surface area contributed by atoms with Crippen LogP contribution >= 0.6 is 0 Å². The number of hydrogen-bond acceptors (Lipinski definition) is 6. The lowest BCUT2D eigenvalue weighted by Crippen LogP contribution is -2.74. The third-order valence-electron chi connectivity index (χ3n) is 7.68. The number of rotatable bonds is 9. The molecule has 2 amide bonds. The van der Waals surface area contributed by atoms with E-state index in [1.54, 1.807) is 9.80 Å². The van der Waals surface area contributed by atoms with Crippen LogP contribution in [0.15, 0.2) is 53.5 Å². The van der Waals surface area contributed by atoms with Crippen molar-refractivity contribution in [2.24, 2.45) is 4.99 Å². The molecule has 0 aromatic heterocycles. The van der Waals surface area contributed by atoms with Crippen LogP contribution in [0.5, 0.6) is 0 Å². The molecule has 200 valence electrons. The number of carboxylic acid groups (broad SMARTS) is 1. The third-order valence-corrected chi connectivity index (χ3v) is 7.68. The molecule has 3 atom stereocenters. The van der Waals surface area contributed by atoms with Crippen LogP contribution in [0, 0.1) is 0 Å². The number of fused-ring (bicyclic) bond motifs is 2. The zero-order valence-corrected chi connectivity index (χ0v) is 22.0. The van der Waals surface area contributed by atoms with Gasteiger partial charge in [0.2, 0.25) is 11.8 Å².